The maximum absolute atomic E-state index is 13.2. The number of hydrogen-bond donors (Lipinski definition) is 1. The number of H-pyrrole nitrogens is 1. The second kappa shape index (κ2) is 5.35. The lowest BCUT2D eigenvalue weighted by Crippen LogP contribution is -1.97. The van der Waals surface area contributed by atoms with Gasteiger partial charge in [-0.15, -0.1) is 0 Å². The van der Waals surface area contributed by atoms with E-state index in [1.807, 2.05) is 6.92 Å². The minimum Gasteiger partial charge on any atom is -0.343 e. The van der Waals surface area contributed by atoms with Gasteiger partial charge in [0, 0.05) is 17.7 Å². The first-order valence-electron chi connectivity index (χ1n) is 5.66. The molecular weight excluding hydrogens is 254 g/mol. The highest BCUT2D eigenvalue weighted by Crippen LogP contribution is 2.20. The third kappa shape index (κ3) is 2.79. The van der Waals surface area contributed by atoms with Crippen molar-refractivity contribution in [1.82, 2.24) is 9.97 Å². The van der Waals surface area contributed by atoms with Gasteiger partial charge in [-0.05, 0) is 30.7 Å². The molecule has 0 aliphatic heterocycles. The molecule has 0 bridgehead atoms. The Morgan fingerprint density at radius 1 is 1.22 bits per heavy atom. The van der Waals surface area contributed by atoms with Crippen LogP contribution in [0.15, 0.2) is 24.3 Å². The van der Waals surface area contributed by atoms with Gasteiger partial charge in [0.05, 0.1) is 0 Å². The molecule has 0 saturated heterocycles. The number of nitrogens with one attached hydrogen (secondary N) is 1. The van der Waals surface area contributed by atoms with E-state index in [4.69, 9.17) is 12.2 Å². The van der Waals surface area contributed by atoms with Crippen molar-refractivity contribution in [1.29, 1.82) is 0 Å². The Morgan fingerprint density at radius 3 is 2.67 bits per heavy atom. The van der Waals surface area contributed by atoms with E-state index in [0.29, 0.717) is 15.9 Å². The number of rotatable bonds is 3. The van der Waals surface area contributed by atoms with Gasteiger partial charge in [0.15, 0.2) is 11.6 Å². The van der Waals surface area contributed by atoms with E-state index >= 15 is 0 Å². The van der Waals surface area contributed by atoms with Crippen LogP contribution in [-0.4, -0.2) is 9.97 Å². The summed E-state index contributed by atoms with van der Waals surface area (Å²) < 4.78 is 26.5. The molecule has 0 aliphatic rings. The number of nitrogens with zero attached hydrogens (tertiary/aromatic N) is 1. The Hall–Kier alpha value is -1.62. The van der Waals surface area contributed by atoms with Crippen molar-refractivity contribution >= 4 is 12.2 Å². The summed E-state index contributed by atoms with van der Waals surface area (Å²) in [6.07, 6.45) is 1.70. The Labute approximate surface area is 109 Å². The van der Waals surface area contributed by atoms with Crippen LogP contribution in [0, 0.1) is 16.3 Å². The van der Waals surface area contributed by atoms with Crippen molar-refractivity contribution in [3.63, 3.8) is 0 Å². The van der Waals surface area contributed by atoms with Crippen LogP contribution < -0.4 is 0 Å². The first-order valence-corrected chi connectivity index (χ1v) is 6.06. The largest absolute Gasteiger partial charge is 0.343 e. The number of aryl methyl sites for hydroxylation is 1. The first-order chi connectivity index (χ1) is 8.60. The van der Waals surface area contributed by atoms with E-state index in [0.717, 1.165) is 30.8 Å². The van der Waals surface area contributed by atoms with Crippen LogP contribution >= 0.6 is 12.2 Å². The summed E-state index contributed by atoms with van der Waals surface area (Å²) in [6, 6.07) is 5.39. The molecule has 0 radical (unpaired) electrons. The second-order valence-corrected chi connectivity index (χ2v) is 4.38. The minimum absolute atomic E-state index is 0.442. The highest BCUT2D eigenvalue weighted by molar-refractivity contribution is 7.71. The van der Waals surface area contributed by atoms with Crippen molar-refractivity contribution < 1.29 is 8.78 Å². The van der Waals surface area contributed by atoms with Gasteiger partial charge in [-0.2, -0.15) is 0 Å². The van der Waals surface area contributed by atoms with E-state index in [9.17, 15) is 8.78 Å². The van der Waals surface area contributed by atoms with Crippen molar-refractivity contribution in [2.24, 2.45) is 0 Å². The monoisotopic (exact) mass is 266 g/mol. The zero-order valence-corrected chi connectivity index (χ0v) is 10.7. The molecule has 0 amide bonds. The van der Waals surface area contributed by atoms with Gasteiger partial charge in [0.25, 0.3) is 0 Å². The molecule has 0 aliphatic carbocycles. The molecule has 1 aromatic carbocycles. The molecule has 94 valence electrons. The maximum atomic E-state index is 13.2. The molecule has 2 rings (SSSR count). The highest BCUT2D eigenvalue weighted by Gasteiger charge is 2.06. The van der Waals surface area contributed by atoms with Crippen molar-refractivity contribution in [3.8, 4) is 11.3 Å². The van der Waals surface area contributed by atoms with E-state index < -0.39 is 11.6 Å². The Kier molecular flexibility index (Phi) is 3.81. The molecule has 0 fully saturated rings. The number of halogens is 2. The Bertz CT molecular complexity index is 623. The summed E-state index contributed by atoms with van der Waals surface area (Å²) in [5.74, 6) is -0.981. The molecule has 1 heterocycles. The van der Waals surface area contributed by atoms with Gasteiger partial charge in [0.1, 0.15) is 10.5 Å². The molecular formula is C13H12F2N2S. The Morgan fingerprint density at radius 2 is 2.00 bits per heavy atom. The lowest BCUT2D eigenvalue weighted by atomic mass is 10.1. The average molecular weight is 266 g/mol. The summed E-state index contributed by atoms with van der Waals surface area (Å²) in [5.41, 5.74) is 1.21. The summed E-state index contributed by atoms with van der Waals surface area (Å²) in [6.45, 7) is 2.03. The fourth-order valence-corrected chi connectivity index (χ4v) is 1.91. The zero-order valence-electron chi connectivity index (χ0n) is 9.84. The predicted octanol–water partition coefficient (Wildman–Crippen LogP) is 4.04. The third-order valence-electron chi connectivity index (χ3n) is 2.51. The molecule has 2 aromatic rings. The van der Waals surface area contributed by atoms with Gasteiger partial charge in [-0.25, -0.2) is 13.8 Å². The predicted molar refractivity (Wildman–Crippen MR) is 68.8 cm³/mol. The summed E-state index contributed by atoms with van der Waals surface area (Å²) in [5, 5.41) is 0. The topological polar surface area (TPSA) is 28.7 Å². The van der Waals surface area contributed by atoms with E-state index in [1.54, 1.807) is 6.07 Å². The Balaban J connectivity index is 2.49. The molecule has 0 spiro atoms. The van der Waals surface area contributed by atoms with Crippen molar-refractivity contribution in [2.45, 2.75) is 19.8 Å². The zero-order chi connectivity index (χ0) is 13.1. The fourth-order valence-electron chi connectivity index (χ4n) is 1.68. The van der Waals surface area contributed by atoms with E-state index in [-0.39, 0.29) is 0 Å². The second-order valence-electron chi connectivity index (χ2n) is 3.96. The molecule has 1 aromatic heterocycles. The number of benzene rings is 1. The van der Waals surface area contributed by atoms with Crippen LogP contribution in [0.2, 0.25) is 0 Å². The van der Waals surface area contributed by atoms with Crippen LogP contribution in [-0.2, 0) is 6.42 Å². The quantitative estimate of drug-likeness (QED) is 0.849. The van der Waals surface area contributed by atoms with E-state index in [2.05, 4.69) is 9.97 Å². The van der Waals surface area contributed by atoms with Crippen LogP contribution in [0.5, 0.6) is 0 Å². The molecule has 2 nitrogen and oxygen atoms in total. The van der Waals surface area contributed by atoms with Gasteiger partial charge in [0.2, 0.25) is 0 Å². The average Bonchev–Trinajstić information content (AvgIpc) is 2.32. The van der Waals surface area contributed by atoms with Crippen LogP contribution in [0.1, 0.15) is 19.2 Å². The minimum atomic E-state index is -0.874. The molecule has 0 unspecified atom stereocenters. The molecule has 18 heavy (non-hydrogen) atoms. The molecule has 0 atom stereocenters. The fraction of sp³-hybridized carbons (Fsp3) is 0.231. The van der Waals surface area contributed by atoms with Crippen LogP contribution in [0.25, 0.3) is 11.3 Å². The maximum Gasteiger partial charge on any atom is 0.159 e. The smallest absolute Gasteiger partial charge is 0.159 e. The first kappa shape index (κ1) is 12.8. The molecule has 5 heteroatoms. The summed E-state index contributed by atoms with van der Waals surface area (Å²) in [4.78, 5) is 7.26. The number of aromatic amines is 1. The summed E-state index contributed by atoms with van der Waals surface area (Å²) in [7, 11) is 0. The lowest BCUT2D eigenvalue weighted by Gasteiger charge is -2.06. The lowest BCUT2D eigenvalue weighted by molar-refractivity contribution is 0.509. The number of hydrogen-bond acceptors (Lipinski definition) is 2. The summed E-state index contributed by atoms with van der Waals surface area (Å²) >= 11 is 5.06. The van der Waals surface area contributed by atoms with Crippen molar-refractivity contribution in [2.75, 3.05) is 0 Å². The highest BCUT2D eigenvalue weighted by atomic mass is 32.1. The third-order valence-corrected chi connectivity index (χ3v) is 2.72. The normalized spacial score (nSPS) is 10.6. The van der Waals surface area contributed by atoms with Gasteiger partial charge < -0.3 is 4.98 Å². The van der Waals surface area contributed by atoms with E-state index in [1.165, 1.54) is 6.07 Å². The number of aromatic nitrogens is 2. The molecule has 0 saturated carbocycles. The van der Waals surface area contributed by atoms with Crippen LogP contribution in [0.4, 0.5) is 8.78 Å². The van der Waals surface area contributed by atoms with Crippen LogP contribution in [0.3, 0.4) is 0 Å². The SMILES string of the molecule is CCCc1nc(=S)cc(-c2ccc(F)c(F)c2)[nH]1. The van der Waals surface area contributed by atoms with Gasteiger partial charge in [-0.1, -0.05) is 19.1 Å². The molecule has 1 N–H and O–H groups in total. The van der Waals surface area contributed by atoms with Gasteiger partial charge >= 0.3 is 0 Å². The van der Waals surface area contributed by atoms with Crippen molar-refractivity contribution in [3.05, 3.63) is 46.4 Å². The standard InChI is InChI=1S/C13H12F2N2S/c1-2-3-12-16-11(7-13(18)17-12)8-4-5-9(14)10(15)6-8/h4-7H,2-3H2,1H3,(H,16,17,18). The van der Waals surface area contributed by atoms with Gasteiger partial charge in [-0.3, -0.25) is 0 Å².